The second-order valence-corrected chi connectivity index (χ2v) is 15.0. The normalized spacial score (nSPS) is 20.5. The maximum absolute atomic E-state index is 6.58. The molecule has 160 valence electrons. The van der Waals surface area contributed by atoms with Crippen molar-refractivity contribution in [3.05, 3.63) is 72.4 Å². The van der Waals surface area contributed by atoms with Gasteiger partial charge in [-0.3, -0.25) is 5.01 Å². The second kappa shape index (κ2) is 8.33. The van der Waals surface area contributed by atoms with E-state index in [1.165, 1.54) is 29.7 Å². The summed E-state index contributed by atoms with van der Waals surface area (Å²) in [5, 5.41) is 5.17. The van der Waals surface area contributed by atoms with Crippen LogP contribution in [0, 0.1) is 5.92 Å². The largest absolute Gasteiger partial charge is 0.415 e. The van der Waals surface area contributed by atoms with E-state index < -0.39 is 8.32 Å². The third-order valence-corrected chi connectivity index (χ3v) is 11.5. The molecule has 1 fully saturated rings. The van der Waals surface area contributed by atoms with Gasteiger partial charge in [-0.05, 0) is 60.2 Å². The minimum atomic E-state index is -1.75. The SMILES string of the molecule is CC(C)(C)[Si](C)(C)OCCN1C(C2CC2)C(c2ccccc2)=CN1c1ccccc1. The standard InChI is InChI=1S/C26H36N2OSi/c1-26(2,3)30(4,5)29-19-18-27-25(22-16-17-22)24(21-12-8-6-9-13-21)20-28(27)23-14-10-7-11-15-23/h6-15,20,22,25H,16-19H2,1-5H3. The van der Waals surface area contributed by atoms with Gasteiger partial charge in [-0.1, -0.05) is 69.3 Å². The van der Waals surface area contributed by atoms with Gasteiger partial charge in [0, 0.05) is 19.4 Å². The molecule has 2 aliphatic rings. The number of nitrogens with zero attached hydrogens (tertiary/aromatic N) is 2. The molecular formula is C26H36N2OSi. The lowest BCUT2D eigenvalue weighted by Crippen LogP contribution is -2.47. The number of anilines is 1. The van der Waals surface area contributed by atoms with Crippen molar-refractivity contribution in [2.45, 2.75) is 57.8 Å². The summed E-state index contributed by atoms with van der Waals surface area (Å²) in [5.74, 6) is 0.734. The zero-order chi connectivity index (χ0) is 21.4. The molecule has 0 radical (unpaired) electrons. The predicted molar refractivity (Wildman–Crippen MR) is 130 cm³/mol. The fraction of sp³-hybridized carbons (Fsp3) is 0.462. The van der Waals surface area contributed by atoms with Crippen LogP contribution in [0.3, 0.4) is 0 Å². The molecule has 0 N–H and O–H groups in total. The van der Waals surface area contributed by atoms with Crippen LogP contribution in [0.2, 0.25) is 18.1 Å². The maximum atomic E-state index is 6.58. The van der Waals surface area contributed by atoms with E-state index in [2.05, 4.69) is 111 Å². The lowest BCUT2D eigenvalue weighted by Gasteiger charge is -2.39. The van der Waals surface area contributed by atoms with Gasteiger partial charge >= 0.3 is 0 Å². The summed E-state index contributed by atoms with van der Waals surface area (Å²) in [4.78, 5) is 0. The molecule has 1 heterocycles. The highest BCUT2D eigenvalue weighted by Gasteiger charge is 2.44. The smallest absolute Gasteiger partial charge is 0.192 e. The highest BCUT2D eigenvalue weighted by atomic mass is 28.4. The Kier molecular flexibility index (Phi) is 5.93. The van der Waals surface area contributed by atoms with Crippen LogP contribution in [0.5, 0.6) is 0 Å². The molecule has 4 heteroatoms. The highest BCUT2D eigenvalue weighted by Crippen LogP contribution is 2.46. The van der Waals surface area contributed by atoms with Crippen molar-refractivity contribution in [3.63, 3.8) is 0 Å². The summed E-state index contributed by atoms with van der Waals surface area (Å²) in [7, 11) is -1.75. The first-order valence-corrected chi connectivity index (χ1v) is 14.2. The van der Waals surface area contributed by atoms with Crippen molar-refractivity contribution >= 4 is 19.6 Å². The Hall–Kier alpha value is -1.88. The molecule has 0 saturated heterocycles. The quantitative estimate of drug-likeness (QED) is 0.471. The lowest BCUT2D eigenvalue weighted by molar-refractivity contribution is 0.176. The van der Waals surface area contributed by atoms with Crippen molar-refractivity contribution in [2.24, 2.45) is 5.92 Å². The first-order chi connectivity index (χ1) is 14.3. The van der Waals surface area contributed by atoms with Crippen LogP contribution in [-0.2, 0) is 4.43 Å². The fourth-order valence-electron chi connectivity index (χ4n) is 4.02. The molecule has 0 aromatic heterocycles. The van der Waals surface area contributed by atoms with Gasteiger partial charge in [0.1, 0.15) is 0 Å². The van der Waals surface area contributed by atoms with Crippen LogP contribution in [-0.4, -0.2) is 32.5 Å². The second-order valence-electron chi connectivity index (χ2n) is 10.2. The Balaban J connectivity index is 1.61. The van der Waals surface area contributed by atoms with Gasteiger partial charge in [0.25, 0.3) is 0 Å². The van der Waals surface area contributed by atoms with E-state index >= 15 is 0 Å². The Bertz CT molecular complexity index is 869. The summed E-state index contributed by atoms with van der Waals surface area (Å²) in [6.45, 7) is 13.3. The van der Waals surface area contributed by atoms with Crippen molar-refractivity contribution in [1.29, 1.82) is 0 Å². The van der Waals surface area contributed by atoms with Crippen molar-refractivity contribution in [2.75, 3.05) is 18.2 Å². The van der Waals surface area contributed by atoms with E-state index in [1.54, 1.807) is 0 Å². The Morgan fingerprint density at radius 3 is 2.10 bits per heavy atom. The van der Waals surface area contributed by atoms with Crippen molar-refractivity contribution < 1.29 is 4.43 Å². The molecule has 1 atom stereocenters. The van der Waals surface area contributed by atoms with Crippen LogP contribution in [0.1, 0.15) is 39.2 Å². The van der Waals surface area contributed by atoms with Crippen molar-refractivity contribution in [3.8, 4) is 0 Å². The van der Waals surface area contributed by atoms with E-state index in [1.807, 2.05) is 0 Å². The molecule has 1 aliphatic carbocycles. The maximum Gasteiger partial charge on any atom is 0.192 e. The number of hydrogen-bond donors (Lipinski definition) is 0. The minimum Gasteiger partial charge on any atom is -0.415 e. The van der Waals surface area contributed by atoms with E-state index in [4.69, 9.17) is 4.43 Å². The van der Waals surface area contributed by atoms with Crippen LogP contribution < -0.4 is 5.01 Å². The van der Waals surface area contributed by atoms with Gasteiger partial charge in [-0.25, -0.2) is 5.01 Å². The Labute approximate surface area is 183 Å². The summed E-state index contributed by atoms with van der Waals surface area (Å²) in [6.07, 6.45) is 4.99. The first kappa shape index (κ1) is 21.4. The Morgan fingerprint density at radius 1 is 0.933 bits per heavy atom. The Morgan fingerprint density at radius 2 is 1.53 bits per heavy atom. The third-order valence-electron chi connectivity index (χ3n) is 6.96. The molecule has 4 rings (SSSR count). The van der Waals surface area contributed by atoms with Crippen molar-refractivity contribution in [1.82, 2.24) is 5.01 Å². The molecule has 30 heavy (non-hydrogen) atoms. The van der Waals surface area contributed by atoms with Crippen LogP contribution >= 0.6 is 0 Å². The van der Waals surface area contributed by atoms with Gasteiger partial charge in [-0.15, -0.1) is 0 Å². The zero-order valence-corrected chi connectivity index (χ0v) is 20.1. The van der Waals surface area contributed by atoms with Crippen LogP contribution in [0.25, 0.3) is 5.57 Å². The number of hydrogen-bond acceptors (Lipinski definition) is 3. The van der Waals surface area contributed by atoms with Gasteiger partial charge in [0.2, 0.25) is 0 Å². The topological polar surface area (TPSA) is 15.7 Å². The monoisotopic (exact) mass is 420 g/mol. The molecule has 2 aromatic carbocycles. The van der Waals surface area contributed by atoms with Gasteiger partial charge in [0.15, 0.2) is 8.32 Å². The average Bonchev–Trinajstić information content (AvgIpc) is 3.49. The fourth-order valence-corrected chi connectivity index (χ4v) is 5.06. The summed E-state index contributed by atoms with van der Waals surface area (Å²) in [6, 6.07) is 22.1. The van der Waals surface area contributed by atoms with Crippen LogP contribution in [0.15, 0.2) is 66.9 Å². The molecule has 1 saturated carbocycles. The summed E-state index contributed by atoms with van der Waals surface area (Å²) in [5.41, 5.74) is 4.00. The summed E-state index contributed by atoms with van der Waals surface area (Å²) < 4.78 is 6.58. The molecule has 3 nitrogen and oxygen atoms in total. The molecule has 1 aliphatic heterocycles. The van der Waals surface area contributed by atoms with Gasteiger partial charge in [-0.2, -0.15) is 0 Å². The number of hydrazine groups is 1. The number of para-hydroxylation sites is 1. The summed E-state index contributed by atoms with van der Waals surface area (Å²) >= 11 is 0. The number of benzene rings is 2. The first-order valence-electron chi connectivity index (χ1n) is 11.3. The molecule has 0 spiro atoms. The zero-order valence-electron chi connectivity index (χ0n) is 19.1. The molecule has 0 amide bonds. The van der Waals surface area contributed by atoms with Crippen LogP contribution in [0.4, 0.5) is 5.69 Å². The van der Waals surface area contributed by atoms with E-state index in [0.717, 1.165) is 19.1 Å². The van der Waals surface area contributed by atoms with Gasteiger partial charge < -0.3 is 4.43 Å². The molecular weight excluding hydrogens is 384 g/mol. The lowest BCUT2D eigenvalue weighted by atomic mass is 9.96. The molecule has 1 unspecified atom stereocenters. The van der Waals surface area contributed by atoms with Gasteiger partial charge in [0.05, 0.1) is 11.7 Å². The van der Waals surface area contributed by atoms with E-state index in [0.29, 0.717) is 6.04 Å². The van der Waals surface area contributed by atoms with E-state index in [-0.39, 0.29) is 5.04 Å². The van der Waals surface area contributed by atoms with E-state index in [9.17, 15) is 0 Å². The number of rotatable bonds is 7. The average molecular weight is 421 g/mol. The third kappa shape index (κ3) is 4.41. The molecule has 2 aromatic rings. The molecule has 0 bridgehead atoms. The minimum absolute atomic E-state index is 0.237. The predicted octanol–water partition coefficient (Wildman–Crippen LogP) is 6.57. The highest BCUT2D eigenvalue weighted by molar-refractivity contribution is 6.74.